The summed E-state index contributed by atoms with van der Waals surface area (Å²) in [5, 5.41) is 0. The molecule has 0 N–H and O–H groups in total. The van der Waals surface area contributed by atoms with Gasteiger partial charge in [0.15, 0.2) is 0 Å². The molecule has 0 aromatic carbocycles. The van der Waals surface area contributed by atoms with Crippen LogP contribution in [0.5, 0.6) is 0 Å². The van der Waals surface area contributed by atoms with Gasteiger partial charge >= 0.3 is 0 Å². The standard InChI is InChI=1S/C24H44.C15H28.C3H8.5CH4/c1-3-19-5-9-21(10-6-19)17-23-13-15-24(16-14-23)18-22-11-7-20(4-2)8-12-22;1-2-13-8-10-15(11-9-13)12-14-6-4-3-5-7-14;1-3-2;;;;;/h19-24H,3-18H2,1-2H3;13-15H,2-12H2,1H3;3H2,1-2H3;5*1H4. The van der Waals surface area contributed by atoms with Crippen molar-refractivity contribution in [1.82, 2.24) is 0 Å². The highest BCUT2D eigenvalue weighted by atomic mass is 14.3. The van der Waals surface area contributed by atoms with Gasteiger partial charge in [-0.1, -0.05) is 232 Å². The first-order valence-corrected chi connectivity index (χ1v) is 20.6. The minimum Gasteiger partial charge on any atom is -0.0776 e. The van der Waals surface area contributed by atoms with Crippen molar-refractivity contribution < 1.29 is 0 Å². The Hall–Kier alpha value is 0. The lowest BCUT2D eigenvalue weighted by molar-refractivity contribution is 0.163. The molecule has 5 saturated carbocycles. The molecule has 5 fully saturated rings. The second-order valence-corrected chi connectivity index (χ2v) is 16.7. The Morgan fingerprint density at radius 1 is 0.255 bits per heavy atom. The number of rotatable bonds is 9. The molecule has 5 aliphatic rings. The van der Waals surface area contributed by atoms with Crippen molar-refractivity contribution in [1.29, 1.82) is 0 Å². The van der Waals surface area contributed by atoms with Gasteiger partial charge in [0.05, 0.1) is 0 Å². The van der Waals surface area contributed by atoms with Crippen LogP contribution in [0.4, 0.5) is 0 Å². The van der Waals surface area contributed by atoms with Gasteiger partial charge in [-0.2, -0.15) is 0 Å². The zero-order chi connectivity index (χ0) is 30.0. The Morgan fingerprint density at radius 3 is 0.617 bits per heavy atom. The first-order valence-electron chi connectivity index (χ1n) is 20.6. The molecule has 0 heterocycles. The summed E-state index contributed by atoms with van der Waals surface area (Å²) >= 11 is 0. The van der Waals surface area contributed by atoms with Gasteiger partial charge in [-0.05, 0) is 72.5 Å². The first kappa shape index (κ1) is 51.4. The smallest absolute Gasteiger partial charge is 0.0411 e. The average Bonchev–Trinajstić information content (AvgIpc) is 3.04. The Kier molecular flexibility index (Phi) is 33.7. The van der Waals surface area contributed by atoms with E-state index in [-0.39, 0.29) is 37.1 Å². The predicted molar refractivity (Wildman–Crippen MR) is 223 cm³/mol. The van der Waals surface area contributed by atoms with Gasteiger partial charge in [-0.3, -0.25) is 0 Å². The zero-order valence-corrected chi connectivity index (χ0v) is 30.0. The van der Waals surface area contributed by atoms with E-state index in [0.29, 0.717) is 0 Å². The van der Waals surface area contributed by atoms with Crippen molar-refractivity contribution in [3.8, 4) is 0 Å². The zero-order valence-electron chi connectivity index (χ0n) is 30.0. The van der Waals surface area contributed by atoms with Crippen LogP contribution < -0.4 is 0 Å². The molecule has 0 unspecified atom stereocenters. The molecule has 288 valence electrons. The molecule has 0 heteroatoms. The quantitative estimate of drug-likeness (QED) is 0.230. The third kappa shape index (κ3) is 20.4. The van der Waals surface area contributed by atoms with Crippen LogP contribution in [0.15, 0.2) is 0 Å². The molecule has 0 aliphatic heterocycles. The van der Waals surface area contributed by atoms with Crippen LogP contribution >= 0.6 is 0 Å². The molecule has 0 atom stereocenters. The fraction of sp³-hybridized carbons (Fsp3) is 1.00. The molecule has 0 amide bonds. The van der Waals surface area contributed by atoms with E-state index in [2.05, 4.69) is 34.6 Å². The summed E-state index contributed by atoms with van der Waals surface area (Å²) in [5.74, 6) is 9.82. The van der Waals surface area contributed by atoms with Gasteiger partial charge in [0, 0.05) is 0 Å². The lowest BCUT2D eigenvalue weighted by Crippen LogP contribution is -2.23. The molecule has 0 saturated heterocycles. The topological polar surface area (TPSA) is 0 Å². The summed E-state index contributed by atoms with van der Waals surface area (Å²) in [5.41, 5.74) is 0. The van der Waals surface area contributed by atoms with Crippen molar-refractivity contribution in [3.05, 3.63) is 0 Å². The van der Waals surface area contributed by atoms with E-state index < -0.39 is 0 Å². The van der Waals surface area contributed by atoms with Gasteiger partial charge in [0.1, 0.15) is 0 Å². The summed E-state index contributed by atoms with van der Waals surface area (Å²) in [4.78, 5) is 0. The highest BCUT2D eigenvalue weighted by Gasteiger charge is 2.29. The van der Waals surface area contributed by atoms with Gasteiger partial charge in [0.2, 0.25) is 0 Å². The second-order valence-electron chi connectivity index (χ2n) is 16.7. The normalized spacial score (nSPS) is 32.4. The van der Waals surface area contributed by atoms with Crippen LogP contribution in [0.3, 0.4) is 0 Å². The Morgan fingerprint density at radius 2 is 0.426 bits per heavy atom. The van der Waals surface area contributed by atoms with E-state index in [1.54, 1.807) is 96.3 Å². The Balaban J connectivity index is -0.000000737. The second kappa shape index (κ2) is 30.8. The molecule has 47 heavy (non-hydrogen) atoms. The van der Waals surface area contributed by atoms with Crippen molar-refractivity contribution in [2.75, 3.05) is 0 Å². The van der Waals surface area contributed by atoms with Crippen LogP contribution in [-0.2, 0) is 0 Å². The van der Waals surface area contributed by atoms with Crippen LogP contribution in [0.2, 0.25) is 0 Å². The van der Waals surface area contributed by atoms with Gasteiger partial charge < -0.3 is 0 Å². The van der Waals surface area contributed by atoms with Crippen molar-refractivity contribution in [2.24, 2.45) is 53.3 Å². The van der Waals surface area contributed by atoms with Crippen molar-refractivity contribution in [2.45, 2.75) is 252 Å². The molecule has 5 aliphatic carbocycles. The van der Waals surface area contributed by atoms with E-state index in [9.17, 15) is 0 Å². The minimum absolute atomic E-state index is 0. The number of hydrogen-bond donors (Lipinski definition) is 0. The maximum atomic E-state index is 2.39. The molecule has 0 bridgehead atoms. The van der Waals surface area contributed by atoms with Crippen LogP contribution in [0, 0.1) is 53.3 Å². The maximum absolute atomic E-state index is 2.39. The Labute approximate surface area is 304 Å². The van der Waals surface area contributed by atoms with Gasteiger partial charge in [0.25, 0.3) is 0 Å². The largest absolute Gasteiger partial charge is 0.0776 e. The highest BCUT2D eigenvalue weighted by molar-refractivity contribution is 4.81. The summed E-state index contributed by atoms with van der Waals surface area (Å²) < 4.78 is 0. The summed E-state index contributed by atoms with van der Waals surface area (Å²) in [6.07, 6.45) is 42.8. The SMILES string of the molecule is C.C.C.C.C.CCC.CCC1CCC(CC2CCC(CC3CCC(CC)CC3)CC2)CC1.CCC1CCC(CC2CCCCC2)CC1. The van der Waals surface area contributed by atoms with Crippen LogP contribution in [0.1, 0.15) is 252 Å². The molecule has 5 rings (SSSR count). The van der Waals surface area contributed by atoms with E-state index >= 15 is 0 Å². The third-order valence-electron chi connectivity index (χ3n) is 13.3. The molecular weight excluding hydrogens is 565 g/mol. The molecule has 0 aromatic rings. The lowest BCUT2D eigenvalue weighted by atomic mass is 9.70. The van der Waals surface area contributed by atoms with E-state index in [1.807, 2.05) is 0 Å². The van der Waals surface area contributed by atoms with E-state index in [1.165, 1.54) is 83.5 Å². The maximum Gasteiger partial charge on any atom is -0.0411 e. The van der Waals surface area contributed by atoms with Crippen molar-refractivity contribution >= 4 is 0 Å². The van der Waals surface area contributed by atoms with Gasteiger partial charge in [-0.25, -0.2) is 0 Å². The van der Waals surface area contributed by atoms with E-state index in [4.69, 9.17) is 0 Å². The fourth-order valence-electron chi connectivity index (χ4n) is 10.2. The lowest BCUT2D eigenvalue weighted by Gasteiger charge is -2.36. The predicted octanol–water partition coefficient (Wildman–Crippen LogP) is 17.8. The van der Waals surface area contributed by atoms with E-state index in [0.717, 1.165) is 53.3 Å². The molecule has 0 nitrogen and oxygen atoms in total. The van der Waals surface area contributed by atoms with Gasteiger partial charge in [-0.15, -0.1) is 0 Å². The minimum atomic E-state index is 0. The first-order chi connectivity index (χ1) is 20.6. The summed E-state index contributed by atoms with van der Waals surface area (Å²) in [7, 11) is 0. The van der Waals surface area contributed by atoms with Crippen LogP contribution in [0.25, 0.3) is 0 Å². The number of hydrogen-bond acceptors (Lipinski definition) is 0. The molecule has 0 spiro atoms. The highest BCUT2D eigenvalue weighted by Crippen LogP contribution is 2.42. The summed E-state index contributed by atoms with van der Waals surface area (Å²) in [6, 6.07) is 0. The molecular formula is C47H100. The Bertz CT molecular complexity index is 564. The average molecular weight is 665 g/mol. The monoisotopic (exact) mass is 665 g/mol. The van der Waals surface area contributed by atoms with Crippen molar-refractivity contribution in [3.63, 3.8) is 0 Å². The van der Waals surface area contributed by atoms with Crippen LogP contribution in [-0.4, -0.2) is 0 Å². The fourth-order valence-corrected chi connectivity index (χ4v) is 10.2. The molecule has 0 aromatic heterocycles. The summed E-state index contributed by atoms with van der Waals surface area (Å²) in [6.45, 7) is 11.4. The third-order valence-corrected chi connectivity index (χ3v) is 13.3. The molecule has 0 radical (unpaired) electrons.